The van der Waals surface area contributed by atoms with Gasteiger partial charge in [0, 0.05) is 16.3 Å². The minimum absolute atomic E-state index is 0.0153. The number of aryl methyl sites for hydroxylation is 1. The van der Waals surface area contributed by atoms with E-state index in [-0.39, 0.29) is 25.3 Å². The van der Waals surface area contributed by atoms with Crippen molar-refractivity contribution in [3.8, 4) is 0 Å². The largest absolute Gasteiger partial charge is 0.480 e. The van der Waals surface area contributed by atoms with Gasteiger partial charge in [0.25, 0.3) is 5.91 Å². The molecule has 0 aliphatic carbocycles. The number of nitrogens with one attached hydrogen (secondary N) is 3. The van der Waals surface area contributed by atoms with Crippen molar-refractivity contribution in [2.45, 2.75) is 71.3 Å². The van der Waals surface area contributed by atoms with Gasteiger partial charge in [-0.2, -0.15) is 0 Å². The average molecular weight is 994 g/mol. The fourth-order valence-corrected chi connectivity index (χ4v) is 13.2. The molecule has 0 bridgehead atoms. The Morgan fingerprint density at radius 1 is 0.985 bits per heavy atom. The Balaban J connectivity index is 0.000000198. The molecule has 25 nitrogen and oxygen atoms in total. The van der Waals surface area contributed by atoms with Gasteiger partial charge < -0.3 is 31.1 Å². The molecule has 346 valence electrons. The summed E-state index contributed by atoms with van der Waals surface area (Å²) in [5.74, 6) is -3.61. The van der Waals surface area contributed by atoms with Crippen LogP contribution in [0.2, 0.25) is 0 Å². The third-order valence-corrected chi connectivity index (χ3v) is 16.5. The predicted octanol–water partition coefficient (Wildman–Crippen LogP) is -0.870. The van der Waals surface area contributed by atoms with E-state index < -0.39 is 97.3 Å². The summed E-state index contributed by atoms with van der Waals surface area (Å²) in [5, 5.41) is 45.2. The molecule has 5 aliphatic rings. The van der Waals surface area contributed by atoms with Gasteiger partial charge in [0.15, 0.2) is 4.34 Å². The Morgan fingerprint density at radius 2 is 1.69 bits per heavy atom. The third-order valence-electron chi connectivity index (χ3n) is 10.4. The van der Waals surface area contributed by atoms with Crippen LogP contribution in [0.1, 0.15) is 30.5 Å². The molecule has 8 amide bonds. The molecule has 6 atom stereocenters. The Morgan fingerprint density at radius 3 is 2.29 bits per heavy atom. The minimum Gasteiger partial charge on any atom is -0.480 e. The molecule has 0 saturated carbocycles. The summed E-state index contributed by atoms with van der Waals surface area (Å²) < 4.78 is 25.3. The van der Waals surface area contributed by atoms with Gasteiger partial charge in [0.2, 0.25) is 27.7 Å². The number of carbonyl (C=O) groups excluding carboxylic acids is 6. The number of carboxylic acids is 2. The van der Waals surface area contributed by atoms with E-state index in [1.54, 1.807) is 44.2 Å². The number of urea groups is 2. The van der Waals surface area contributed by atoms with Crippen molar-refractivity contribution in [1.82, 2.24) is 65.4 Å². The van der Waals surface area contributed by atoms with Gasteiger partial charge in [0.1, 0.15) is 58.5 Å². The molecule has 5 N–H and O–H groups in total. The van der Waals surface area contributed by atoms with Crippen LogP contribution in [0.25, 0.3) is 0 Å². The summed E-state index contributed by atoms with van der Waals surface area (Å²) in [6.45, 7) is 4.73. The summed E-state index contributed by atoms with van der Waals surface area (Å²) in [5.41, 5.74) is 0.989. The standard InChI is InChI=1S/C21H25N5O8S2.C14H14N8O4S3/c1-21(2)14(18(29)30)26-16(28)13(17(26)35-21)22-15(27)12(11-7-5-4-6-8-11)23-19(31)24-9-10-25(20(24)32)36(3,33)34;1-6-17-18-14(29-6)28-4-7-3-27-12-9(11(24)22(12)10(7)13(25)26)16-8(23)2-21-5-15-19-20-21/h4-8,12-14,17H,9-10H2,1-3H3,(H,22,27)(H,23,31)(H,29,30);5,9,12H,2-4H2,1H3,(H,16,23)(H,25,26)/t12-,13-,14+,17-;9-,12-/m11/s1. The number of aromatic nitrogens is 6. The second-order valence-electron chi connectivity index (χ2n) is 15.2. The monoisotopic (exact) mass is 993 g/mol. The SMILES string of the molecule is CC1(C)S[C@@H]2[C@H](NC(=O)[C@H](NC(=O)N3CCN(S(C)(=O)=O)C3=O)c3ccccc3)C(=O)N2[C@H]1C(=O)O.Cc1nnc(SCC2=C(C(=O)O)N3C(=O)[C@@H](NC(=O)Cn4cnnn4)[C@H]3SC2)s1. The van der Waals surface area contributed by atoms with E-state index in [2.05, 4.69) is 41.7 Å². The van der Waals surface area contributed by atoms with Gasteiger partial charge >= 0.3 is 24.0 Å². The number of β-lactam (4-membered cyclic amide) rings is 2. The lowest BCUT2D eigenvalue weighted by Crippen LogP contribution is -2.71. The molecule has 8 rings (SSSR count). The predicted molar refractivity (Wildman–Crippen MR) is 230 cm³/mol. The van der Waals surface area contributed by atoms with E-state index in [1.807, 2.05) is 6.92 Å². The fraction of sp³-hybridized carbons (Fsp3) is 0.457. The number of hydrogen-bond donors (Lipinski definition) is 5. The molecule has 4 fully saturated rings. The zero-order valence-electron chi connectivity index (χ0n) is 34.5. The molecule has 5 aliphatic heterocycles. The summed E-state index contributed by atoms with van der Waals surface area (Å²) in [6.07, 6.45) is 2.14. The van der Waals surface area contributed by atoms with E-state index in [0.717, 1.165) is 15.6 Å². The fourth-order valence-electron chi connectivity index (χ4n) is 7.44. The zero-order valence-corrected chi connectivity index (χ0v) is 38.5. The first-order chi connectivity index (χ1) is 30.7. The van der Waals surface area contributed by atoms with Gasteiger partial charge in [-0.15, -0.1) is 38.8 Å². The van der Waals surface area contributed by atoms with Crippen LogP contribution in [-0.4, -0.2) is 180 Å². The lowest BCUT2D eigenvalue weighted by atomic mass is 9.95. The summed E-state index contributed by atoms with van der Waals surface area (Å²) >= 11 is 5.50. The van der Waals surface area contributed by atoms with E-state index >= 15 is 0 Å². The van der Waals surface area contributed by atoms with Gasteiger partial charge in [-0.25, -0.2) is 41.5 Å². The number of hydrogen-bond acceptors (Lipinski definition) is 19. The Hall–Kier alpha value is -5.85. The number of aliphatic carboxylic acids is 2. The van der Waals surface area contributed by atoms with Crippen LogP contribution >= 0.6 is 46.6 Å². The van der Waals surface area contributed by atoms with Crippen LogP contribution in [0, 0.1) is 6.92 Å². The number of carboxylic acid groups (broad SMARTS) is 2. The van der Waals surface area contributed by atoms with Crippen molar-refractivity contribution in [2.24, 2.45) is 0 Å². The molecule has 30 heteroatoms. The zero-order chi connectivity index (χ0) is 47.1. The molecule has 7 heterocycles. The van der Waals surface area contributed by atoms with Gasteiger partial charge in [0.05, 0.1) is 19.3 Å². The highest BCUT2D eigenvalue weighted by Crippen LogP contribution is 2.51. The maximum absolute atomic E-state index is 13.3. The van der Waals surface area contributed by atoms with Crippen molar-refractivity contribution in [1.29, 1.82) is 0 Å². The maximum Gasteiger partial charge on any atom is 0.352 e. The van der Waals surface area contributed by atoms with Crippen LogP contribution < -0.4 is 16.0 Å². The molecule has 0 radical (unpaired) electrons. The van der Waals surface area contributed by atoms with E-state index in [0.29, 0.717) is 31.8 Å². The topological polar surface area (TPSA) is 330 Å². The number of tetrazole rings is 1. The molecular formula is C35H39N13O12S5. The highest BCUT2D eigenvalue weighted by molar-refractivity contribution is 8.02. The Kier molecular flexibility index (Phi) is 13.5. The van der Waals surface area contributed by atoms with Crippen LogP contribution in [0.3, 0.4) is 0 Å². The summed E-state index contributed by atoms with van der Waals surface area (Å²) in [6, 6.07) is 1.98. The number of benzene rings is 1. The first kappa shape index (κ1) is 47.1. The number of thioether (sulfide) groups is 3. The van der Waals surface area contributed by atoms with Crippen molar-refractivity contribution < 1.29 is 57.0 Å². The van der Waals surface area contributed by atoms with E-state index in [4.69, 9.17) is 0 Å². The number of amides is 8. The minimum atomic E-state index is -3.87. The number of rotatable bonds is 13. The number of carbonyl (C=O) groups is 8. The molecule has 0 spiro atoms. The second kappa shape index (κ2) is 18.6. The quantitative estimate of drug-likeness (QED) is 0.103. The summed E-state index contributed by atoms with van der Waals surface area (Å²) in [4.78, 5) is 103. The van der Waals surface area contributed by atoms with Gasteiger partial charge in [-0.3, -0.25) is 24.1 Å². The molecule has 1 aromatic carbocycles. The van der Waals surface area contributed by atoms with Crippen LogP contribution in [0.5, 0.6) is 0 Å². The van der Waals surface area contributed by atoms with E-state index in [1.165, 1.54) is 67.4 Å². The van der Waals surface area contributed by atoms with Gasteiger partial charge in [-0.1, -0.05) is 53.4 Å². The van der Waals surface area contributed by atoms with Crippen molar-refractivity contribution in [3.63, 3.8) is 0 Å². The first-order valence-corrected chi connectivity index (χ1v) is 24.8. The molecule has 65 heavy (non-hydrogen) atoms. The van der Waals surface area contributed by atoms with Crippen LogP contribution in [0.4, 0.5) is 9.59 Å². The second-order valence-corrected chi connectivity index (χ2v) is 22.4. The number of imide groups is 1. The van der Waals surface area contributed by atoms with Crippen molar-refractivity contribution >= 4 is 104 Å². The molecule has 3 aromatic rings. The lowest BCUT2D eigenvalue weighted by Gasteiger charge is -2.49. The molecule has 0 unspecified atom stereocenters. The Labute approximate surface area is 385 Å². The maximum atomic E-state index is 13.3. The smallest absolute Gasteiger partial charge is 0.352 e. The highest BCUT2D eigenvalue weighted by Gasteiger charge is 2.64. The van der Waals surface area contributed by atoms with Crippen molar-refractivity contribution in [2.75, 3.05) is 30.9 Å². The number of fused-ring (bicyclic) bond motifs is 2. The average Bonchev–Trinajstić information content (AvgIpc) is 4.06. The summed E-state index contributed by atoms with van der Waals surface area (Å²) in [7, 11) is -3.87. The lowest BCUT2D eigenvalue weighted by molar-refractivity contribution is -0.161. The number of nitrogens with zero attached hydrogens (tertiary/aromatic N) is 10. The van der Waals surface area contributed by atoms with Crippen LogP contribution in [-0.2, 0) is 45.3 Å². The Bertz CT molecular complexity index is 2580. The molecule has 2 aromatic heterocycles. The first-order valence-electron chi connectivity index (χ1n) is 19.2. The molecule has 4 saturated heterocycles. The van der Waals surface area contributed by atoms with Crippen LogP contribution in [0.15, 0.2) is 52.3 Å². The third kappa shape index (κ3) is 9.61. The normalized spacial score (nSPS) is 23.6. The molecular weight excluding hydrogens is 955 g/mol. The van der Waals surface area contributed by atoms with E-state index in [9.17, 15) is 57.0 Å². The van der Waals surface area contributed by atoms with Crippen molar-refractivity contribution in [3.05, 3.63) is 58.5 Å². The van der Waals surface area contributed by atoms with Gasteiger partial charge in [-0.05, 0) is 42.3 Å². The highest BCUT2D eigenvalue weighted by atomic mass is 32.2. The number of sulfonamides is 1.